The first-order valence-electron chi connectivity index (χ1n) is 8.60. The van der Waals surface area contributed by atoms with Gasteiger partial charge < -0.3 is 16.0 Å². The van der Waals surface area contributed by atoms with Crippen LogP contribution in [-0.4, -0.2) is 28.2 Å². The minimum Gasteiger partial charge on any atom is -0.336 e. The molecule has 0 fully saturated rings. The van der Waals surface area contributed by atoms with Crippen molar-refractivity contribution in [1.29, 1.82) is 0 Å². The van der Waals surface area contributed by atoms with E-state index in [4.69, 9.17) is 0 Å². The van der Waals surface area contributed by atoms with Crippen molar-refractivity contribution in [3.05, 3.63) is 66.4 Å². The number of nitrogens with zero attached hydrogens (tertiary/aromatic N) is 1. The second kappa shape index (κ2) is 8.18. The number of nitrogens with one attached hydrogen (secondary N) is 4. The molecule has 0 aliphatic rings. The Kier molecular flexibility index (Phi) is 5.51. The monoisotopic (exact) mass is 363 g/mol. The number of aromatic nitrogens is 2. The van der Waals surface area contributed by atoms with Crippen LogP contribution >= 0.6 is 0 Å². The molecule has 0 spiro atoms. The molecule has 0 saturated heterocycles. The summed E-state index contributed by atoms with van der Waals surface area (Å²) in [5, 5.41) is 15.2. The molecule has 0 radical (unpaired) electrons. The Morgan fingerprint density at radius 2 is 1.70 bits per heavy atom. The summed E-state index contributed by atoms with van der Waals surface area (Å²) >= 11 is 0. The molecule has 0 bridgehead atoms. The zero-order valence-electron chi connectivity index (χ0n) is 15.1. The number of hydrogen-bond donors (Lipinski definition) is 4. The van der Waals surface area contributed by atoms with Gasteiger partial charge >= 0.3 is 6.03 Å². The van der Waals surface area contributed by atoms with Crippen LogP contribution in [0.4, 0.5) is 16.2 Å². The molecule has 138 valence electrons. The van der Waals surface area contributed by atoms with Gasteiger partial charge in [0.2, 0.25) is 0 Å². The van der Waals surface area contributed by atoms with E-state index in [1.165, 1.54) is 0 Å². The van der Waals surface area contributed by atoms with E-state index in [-0.39, 0.29) is 18.0 Å². The summed E-state index contributed by atoms with van der Waals surface area (Å²) < 4.78 is 0. The van der Waals surface area contributed by atoms with E-state index in [0.717, 1.165) is 11.3 Å². The Hall–Kier alpha value is -3.61. The summed E-state index contributed by atoms with van der Waals surface area (Å²) in [7, 11) is 0. The topological polar surface area (TPSA) is 98.9 Å². The van der Waals surface area contributed by atoms with Crippen LogP contribution in [0, 0.1) is 0 Å². The molecule has 0 unspecified atom stereocenters. The minimum atomic E-state index is -0.310. The molecule has 3 amide bonds. The zero-order chi connectivity index (χ0) is 19.2. The molecular formula is C20H21N5O2. The first kappa shape index (κ1) is 18.2. The van der Waals surface area contributed by atoms with E-state index >= 15 is 0 Å². The second-order valence-corrected chi connectivity index (χ2v) is 6.34. The van der Waals surface area contributed by atoms with Crippen LogP contribution in [0.1, 0.15) is 24.2 Å². The Morgan fingerprint density at radius 3 is 2.41 bits per heavy atom. The van der Waals surface area contributed by atoms with Crippen LogP contribution in [-0.2, 0) is 0 Å². The van der Waals surface area contributed by atoms with E-state index in [1.807, 2.05) is 44.2 Å². The highest BCUT2D eigenvalue weighted by Gasteiger charge is 2.10. The van der Waals surface area contributed by atoms with Gasteiger partial charge in [0.15, 0.2) is 0 Å². The van der Waals surface area contributed by atoms with Crippen LogP contribution in [0.15, 0.2) is 60.8 Å². The van der Waals surface area contributed by atoms with Crippen molar-refractivity contribution >= 4 is 23.3 Å². The van der Waals surface area contributed by atoms with Gasteiger partial charge in [0.25, 0.3) is 5.91 Å². The van der Waals surface area contributed by atoms with Gasteiger partial charge in [0, 0.05) is 34.7 Å². The van der Waals surface area contributed by atoms with Crippen molar-refractivity contribution in [3.8, 4) is 11.3 Å². The lowest BCUT2D eigenvalue weighted by atomic mass is 10.1. The van der Waals surface area contributed by atoms with E-state index in [9.17, 15) is 9.59 Å². The highest BCUT2D eigenvalue weighted by atomic mass is 16.2. The van der Waals surface area contributed by atoms with E-state index in [0.29, 0.717) is 16.9 Å². The number of aromatic amines is 1. The summed E-state index contributed by atoms with van der Waals surface area (Å²) in [5.74, 6) is -0.260. The average molecular weight is 363 g/mol. The van der Waals surface area contributed by atoms with Crippen molar-refractivity contribution in [2.24, 2.45) is 0 Å². The lowest BCUT2D eigenvalue weighted by Crippen LogP contribution is -2.34. The summed E-state index contributed by atoms with van der Waals surface area (Å²) in [6.07, 6.45) is 1.68. The smallest absolute Gasteiger partial charge is 0.319 e. The van der Waals surface area contributed by atoms with Crippen molar-refractivity contribution in [1.82, 2.24) is 15.5 Å². The van der Waals surface area contributed by atoms with Crippen LogP contribution in [0.25, 0.3) is 11.3 Å². The van der Waals surface area contributed by atoms with Crippen LogP contribution < -0.4 is 16.0 Å². The van der Waals surface area contributed by atoms with Gasteiger partial charge in [-0.25, -0.2) is 4.79 Å². The number of H-pyrrole nitrogens is 1. The maximum atomic E-state index is 12.6. The van der Waals surface area contributed by atoms with Crippen LogP contribution in [0.2, 0.25) is 0 Å². The minimum absolute atomic E-state index is 0.0265. The van der Waals surface area contributed by atoms with E-state index in [2.05, 4.69) is 26.1 Å². The fraction of sp³-hybridized carbons (Fsp3) is 0.150. The van der Waals surface area contributed by atoms with Gasteiger partial charge in [-0.1, -0.05) is 18.2 Å². The Labute approximate surface area is 157 Å². The first-order chi connectivity index (χ1) is 13.0. The summed E-state index contributed by atoms with van der Waals surface area (Å²) in [5.41, 5.74) is 3.46. The predicted molar refractivity (Wildman–Crippen MR) is 106 cm³/mol. The van der Waals surface area contributed by atoms with Crippen molar-refractivity contribution in [2.45, 2.75) is 19.9 Å². The summed E-state index contributed by atoms with van der Waals surface area (Å²) in [6.45, 7) is 3.75. The molecule has 0 aliphatic heterocycles. The molecule has 7 heteroatoms. The van der Waals surface area contributed by atoms with Gasteiger partial charge in [0.05, 0.1) is 5.69 Å². The summed E-state index contributed by atoms with van der Waals surface area (Å²) in [4.78, 5) is 24.4. The van der Waals surface area contributed by atoms with Crippen LogP contribution in [0.5, 0.6) is 0 Å². The lowest BCUT2D eigenvalue weighted by Gasteiger charge is -2.11. The second-order valence-electron chi connectivity index (χ2n) is 6.34. The molecule has 7 nitrogen and oxygen atoms in total. The molecule has 2 aromatic carbocycles. The SMILES string of the molecule is CC(C)NC(=O)Nc1cccc(C(=O)Nc2cccc(-c3ccn[nH]3)c2)c1. The number of amides is 3. The molecule has 3 rings (SSSR count). The van der Waals surface area contributed by atoms with Gasteiger partial charge in [-0.3, -0.25) is 9.89 Å². The van der Waals surface area contributed by atoms with Gasteiger partial charge in [-0.15, -0.1) is 0 Å². The van der Waals surface area contributed by atoms with Gasteiger partial charge in [0.1, 0.15) is 0 Å². The third kappa shape index (κ3) is 4.94. The Bertz CT molecular complexity index is 935. The molecule has 27 heavy (non-hydrogen) atoms. The van der Waals surface area contributed by atoms with Crippen LogP contribution in [0.3, 0.4) is 0 Å². The molecule has 0 atom stereocenters. The average Bonchev–Trinajstić information content (AvgIpc) is 3.16. The Morgan fingerprint density at radius 1 is 0.963 bits per heavy atom. The summed E-state index contributed by atoms with van der Waals surface area (Å²) in [6, 6.07) is 15.8. The predicted octanol–water partition coefficient (Wildman–Crippen LogP) is 3.86. The first-order valence-corrected chi connectivity index (χ1v) is 8.60. The normalized spacial score (nSPS) is 10.5. The molecule has 0 aliphatic carbocycles. The zero-order valence-corrected chi connectivity index (χ0v) is 15.1. The third-order valence-electron chi connectivity index (χ3n) is 3.73. The van der Waals surface area contributed by atoms with E-state index in [1.54, 1.807) is 30.5 Å². The van der Waals surface area contributed by atoms with Gasteiger partial charge in [-0.05, 0) is 50.2 Å². The van der Waals surface area contributed by atoms with Crippen molar-refractivity contribution in [3.63, 3.8) is 0 Å². The number of anilines is 2. The highest BCUT2D eigenvalue weighted by Crippen LogP contribution is 2.21. The fourth-order valence-corrected chi connectivity index (χ4v) is 2.55. The molecule has 3 aromatic rings. The van der Waals surface area contributed by atoms with E-state index < -0.39 is 0 Å². The number of carbonyl (C=O) groups excluding carboxylic acids is 2. The largest absolute Gasteiger partial charge is 0.336 e. The van der Waals surface area contributed by atoms with Crippen molar-refractivity contribution < 1.29 is 9.59 Å². The number of urea groups is 1. The molecule has 4 N–H and O–H groups in total. The molecular weight excluding hydrogens is 342 g/mol. The number of carbonyl (C=O) groups is 2. The van der Waals surface area contributed by atoms with Crippen molar-refractivity contribution in [2.75, 3.05) is 10.6 Å². The number of hydrogen-bond acceptors (Lipinski definition) is 3. The molecule has 1 aromatic heterocycles. The standard InChI is InChI=1S/C20H21N5O2/c1-13(2)22-20(27)24-17-8-4-6-15(12-17)19(26)23-16-7-3-5-14(11-16)18-9-10-21-25-18/h3-13H,1-2H3,(H,21,25)(H,23,26)(H2,22,24,27). The maximum absolute atomic E-state index is 12.6. The number of benzene rings is 2. The maximum Gasteiger partial charge on any atom is 0.319 e. The Balaban J connectivity index is 1.70. The number of rotatable bonds is 5. The highest BCUT2D eigenvalue weighted by molar-refractivity contribution is 6.05. The quantitative estimate of drug-likeness (QED) is 0.554. The molecule has 0 saturated carbocycles. The lowest BCUT2D eigenvalue weighted by molar-refractivity contribution is 0.102. The third-order valence-corrected chi connectivity index (χ3v) is 3.73. The fourth-order valence-electron chi connectivity index (χ4n) is 2.55. The van der Waals surface area contributed by atoms with Gasteiger partial charge in [-0.2, -0.15) is 5.10 Å². The molecule has 1 heterocycles.